The van der Waals surface area contributed by atoms with E-state index in [1.165, 1.54) is 0 Å². The monoisotopic (exact) mass is 269 g/mol. The minimum absolute atomic E-state index is 0.513. The van der Waals surface area contributed by atoms with Crippen LogP contribution in [0.1, 0.15) is 0 Å². The van der Waals surface area contributed by atoms with Crippen LogP contribution in [0.15, 0.2) is 48.7 Å². The molecule has 0 aliphatic heterocycles. The van der Waals surface area contributed by atoms with Crippen molar-refractivity contribution in [1.29, 1.82) is 0 Å². The summed E-state index contributed by atoms with van der Waals surface area (Å²) in [5.41, 5.74) is 7.18. The Hall–Kier alpha value is -2.76. The SMILES string of the molecule is Nc1cccc(OCCNc2nc3ccccn3n2)c1. The Balaban J connectivity index is 1.52. The maximum Gasteiger partial charge on any atom is 0.243 e. The highest BCUT2D eigenvalue weighted by molar-refractivity contribution is 5.44. The molecule has 0 unspecified atom stereocenters. The van der Waals surface area contributed by atoms with E-state index in [-0.39, 0.29) is 0 Å². The predicted octanol–water partition coefficient (Wildman–Crippen LogP) is 1.80. The van der Waals surface area contributed by atoms with Crippen LogP contribution in [-0.4, -0.2) is 27.7 Å². The molecule has 0 amide bonds. The van der Waals surface area contributed by atoms with Gasteiger partial charge in [0.25, 0.3) is 0 Å². The van der Waals surface area contributed by atoms with Crippen molar-refractivity contribution in [2.75, 3.05) is 24.2 Å². The molecule has 0 saturated heterocycles. The standard InChI is InChI=1S/C14H15N5O/c15-11-4-3-5-12(10-11)20-9-7-16-14-17-13-6-1-2-8-19(13)18-14/h1-6,8,10H,7,9,15H2,(H,16,18). The van der Waals surface area contributed by atoms with Gasteiger partial charge in [0.2, 0.25) is 5.95 Å². The van der Waals surface area contributed by atoms with Gasteiger partial charge in [-0.25, -0.2) is 4.52 Å². The summed E-state index contributed by atoms with van der Waals surface area (Å²) in [6.45, 7) is 1.13. The maximum atomic E-state index is 5.68. The highest BCUT2D eigenvalue weighted by Crippen LogP contribution is 2.14. The molecule has 3 aromatic rings. The van der Waals surface area contributed by atoms with E-state index in [2.05, 4.69) is 15.4 Å². The van der Waals surface area contributed by atoms with Crippen LogP contribution in [0.3, 0.4) is 0 Å². The van der Waals surface area contributed by atoms with Gasteiger partial charge in [-0.15, -0.1) is 5.10 Å². The predicted molar refractivity (Wildman–Crippen MR) is 77.8 cm³/mol. The van der Waals surface area contributed by atoms with Crippen LogP contribution in [0.5, 0.6) is 5.75 Å². The molecule has 3 N–H and O–H groups in total. The fraction of sp³-hybridized carbons (Fsp3) is 0.143. The number of nitrogens with one attached hydrogen (secondary N) is 1. The zero-order chi connectivity index (χ0) is 13.8. The number of aromatic nitrogens is 3. The number of nitrogens with two attached hydrogens (primary N) is 1. The Bertz CT molecular complexity index is 676. The van der Waals surface area contributed by atoms with E-state index in [1.54, 1.807) is 10.6 Å². The highest BCUT2D eigenvalue weighted by atomic mass is 16.5. The van der Waals surface area contributed by atoms with Crippen LogP contribution in [0.2, 0.25) is 0 Å². The summed E-state index contributed by atoms with van der Waals surface area (Å²) in [4.78, 5) is 4.34. The molecule has 0 radical (unpaired) electrons. The zero-order valence-electron chi connectivity index (χ0n) is 10.9. The van der Waals surface area contributed by atoms with Crippen molar-refractivity contribution < 1.29 is 4.74 Å². The molecule has 0 aliphatic rings. The van der Waals surface area contributed by atoms with Crippen LogP contribution in [0.4, 0.5) is 11.6 Å². The lowest BCUT2D eigenvalue weighted by Gasteiger charge is -2.06. The van der Waals surface area contributed by atoms with Gasteiger partial charge in [-0.1, -0.05) is 12.1 Å². The Morgan fingerprint density at radius 3 is 3.00 bits per heavy atom. The quantitative estimate of drug-likeness (QED) is 0.545. The largest absolute Gasteiger partial charge is 0.492 e. The van der Waals surface area contributed by atoms with E-state index < -0.39 is 0 Å². The topological polar surface area (TPSA) is 77.5 Å². The maximum absolute atomic E-state index is 5.68. The number of hydrogen-bond donors (Lipinski definition) is 2. The van der Waals surface area contributed by atoms with Gasteiger partial charge in [0.05, 0.1) is 6.54 Å². The van der Waals surface area contributed by atoms with Crippen LogP contribution in [0.25, 0.3) is 5.65 Å². The number of nitrogen functional groups attached to an aromatic ring is 1. The van der Waals surface area contributed by atoms with Crippen LogP contribution >= 0.6 is 0 Å². The number of rotatable bonds is 5. The zero-order valence-corrected chi connectivity index (χ0v) is 10.9. The average molecular weight is 269 g/mol. The lowest BCUT2D eigenvalue weighted by atomic mass is 10.3. The first kappa shape index (κ1) is 12.3. The second-order valence-corrected chi connectivity index (χ2v) is 4.29. The summed E-state index contributed by atoms with van der Waals surface area (Å²) in [5, 5.41) is 7.41. The molecule has 20 heavy (non-hydrogen) atoms. The molecule has 0 spiro atoms. The third-order valence-electron chi connectivity index (χ3n) is 2.75. The Kier molecular flexibility index (Phi) is 3.36. The van der Waals surface area contributed by atoms with Gasteiger partial charge < -0.3 is 15.8 Å². The van der Waals surface area contributed by atoms with E-state index in [1.807, 2.05) is 42.6 Å². The van der Waals surface area contributed by atoms with Crippen molar-refractivity contribution in [3.05, 3.63) is 48.7 Å². The molecule has 0 bridgehead atoms. The Morgan fingerprint density at radius 1 is 1.20 bits per heavy atom. The second kappa shape index (κ2) is 5.48. The molecule has 3 rings (SSSR count). The van der Waals surface area contributed by atoms with E-state index in [9.17, 15) is 0 Å². The molecule has 2 aromatic heterocycles. The fourth-order valence-electron chi connectivity index (χ4n) is 1.84. The minimum atomic E-state index is 0.513. The lowest BCUT2D eigenvalue weighted by molar-refractivity contribution is 0.333. The number of anilines is 2. The van der Waals surface area contributed by atoms with Crippen LogP contribution in [0, 0.1) is 0 Å². The molecular weight excluding hydrogens is 254 g/mol. The summed E-state index contributed by atoms with van der Waals surface area (Å²) >= 11 is 0. The first-order valence-corrected chi connectivity index (χ1v) is 6.35. The van der Waals surface area contributed by atoms with Gasteiger partial charge in [-0.2, -0.15) is 4.98 Å². The molecule has 2 heterocycles. The Morgan fingerprint density at radius 2 is 2.15 bits per heavy atom. The molecule has 102 valence electrons. The van der Waals surface area contributed by atoms with Gasteiger partial charge in [0, 0.05) is 18.0 Å². The number of ether oxygens (including phenoxy) is 1. The molecule has 0 saturated carbocycles. The van der Waals surface area contributed by atoms with Gasteiger partial charge >= 0.3 is 0 Å². The fourth-order valence-corrected chi connectivity index (χ4v) is 1.84. The summed E-state index contributed by atoms with van der Waals surface area (Å²) in [7, 11) is 0. The normalized spacial score (nSPS) is 10.6. The highest BCUT2D eigenvalue weighted by Gasteiger charge is 2.01. The van der Waals surface area contributed by atoms with Crippen molar-refractivity contribution in [2.45, 2.75) is 0 Å². The van der Waals surface area contributed by atoms with E-state index in [0.717, 1.165) is 11.4 Å². The van der Waals surface area contributed by atoms with Crippen molar-refractivity contribution >= 4 is 17.3 Å². The smallest absolute Gasteiger partial charge is 0.243 e. The van der Waals surface area contributed by atoms with E-state index in [4.69, 9.17) is 10.5 Å². The third kappa shape index (κ3) is 2.80. The summed E-state index contributed by atoms with van der Waals surface area (Å²) < 4.78 is 7.30. The number of benzene rings is 1. The van der Waals surface area contributed by atoms with Gasteiger partial charge in [-0.05, 0) is 24.3 Å². The second-order valence-electron chi connectivity index (χ2n) is 4.29. The Labute approximate surface area is 116 Å². The lowest BCUT2D eigenvalue weighted by Crippen LogP contribution is -2.12. The average Bonchev–Trinajstić information content (AvgIpc) is 2.86. The first-order valence-electron chi connectivity index (χ1n) is 6.35. The van der Waals surface area contributed by atoms with Crippen molar-refractivity contribution in [1.82, 2.24) is 14.6 Å². The molecule has 0 aliphatic carbocycles. The van der Waals surface area contributed by atoms with Crippen LogP contribution in [-0.2, 0) is 0 Å². The van der Waals surface area contributed by atoms with Gasteiger partial charge in [0.15, 0.2) is 5.65 Å². The van der Waals surface area contributed by atoms with Crippen LogP contribution < -0.4 is 15.8 Å². The van der Waals surface area contributed by atoms with Gasteiger partial charge in [-0.3, -0.25) is 0 Å². The van der Waals surface area contributed by atoms with E-state index >= 15 is 0 Å². The summed E-state index contributed by atoms with van der Waals surface area (Å²) in [6.07, 6.45) is 1.86. The molecule has 6 heteroatoms. The van der Waals surface area contributed by atoms with Crippen molar-refractivity contribution in [2.24, 2.45) is 0 Å². The minimum Gasteiger partial charge on any atom is -0.492 e. The molecule has 0 fully saturated rings. The first-order chi connectivity index (χ1) is 9.81. The van der Waals surface area contributed by atoms with Crippen molar-refractivity contribution in [3.8, 4) is 5.75 Å². The number of fused-ring (bicyclic) bond motifs is 1. The number of pyridine rings is 1. The third-order valence-corrected chi connectivity index (χ3v) is 2.75. The number of nitrogens with zero attached hydrogens (tertiary/aromatic N) is 3. The summed E-state index contributed by atoms with van der Waals surface area (Å²) in [5.74, 6) is 1.35. The molecule has 1 aromatic carbocycles. The van der Waals surface area contributed by atoms with E-state index in [0.29, 0.717) is 24.8 Å². The molecule has 6 nitrogen and oxygen atoms in total. The number of hydrogen-bond acceptors (Lipinski definition) is 5. The molecular formula is C14H15N5O. The molecule has 0 atom stereocenters. The van der Waals surface area contributed by atoms with Gasteiger partial charge in [0.1, 0.15) is 12.4 Å². The van der Waals surface area contributed by atoms with Crippen molar-refractivity contribution in [3.63, 3.8) is 0 Å². The summed E-state index contributed by atoms with van der Waals surface area (Å²) in [6, 6.07) is 13.1.